The summed E-state index contributed by atoms with van der Waals surface area (Å²) in [4.78, 5) is 17.8. The van der Waals surface area contributed by atoms with Gasteiger partial charge in [0.25, 0.3) is 0 Å². The number of pyridine rings is 1. The molecule has 1 atom stereocenters. The number of ether oxygens (including phenoxy) is 1. The van der Waals surface area contributed by atoms with Crippen LogP contribution in [0.3, 0.4) is 0 Å². The minimum Gasteiger partial charge on any atom is -0.467 e. The predicted octanol–water partition coefficient (Wildman–Crippen LogP) is 0.795. The molecule has 0 spiro atoms. The van der Waals surface area contributed by atoms with E-state index in [0.717, 1.165) is 23.2 Å². The summed E-state index contributed by atoms with van der Waals surface area (Å²) in [5.74, 6) is -0.221. The Labute approximate surface area is 108 Å². The normalized spacial score (nSPS) is 20.1. The van der Waals surface area contributed by atoms with Gasteiger partial charge in [0.05, 0.1) is 17.3 Å². The van der Waals surface area contributed by atoms with Gasteiger partial charge >= 0.3 is 5.97 Å². The van der Waals surface area contributed by atoms with E-state index >= 15 is 0 Å². The Bertz CT molecular complexity index is 413. The number of anilines is 1. The fourth-order valence-corrected chi connectivity index (χ4v) is 2.42. The van der Waals surface area contributed by atoms with Gasteiger partial charge in [-0.25, -0.2) is 4.79 Å². The van der Waals surface area contributed by atoms with Crippen LogP contribution < -0.4 is 10.2 Å². The molecule has 0 bridgehead atoms. The molecule has 1 saturated heterocycles. The number of piperazine rings is 1. The van der Waals surface area contributed by atoms with Crippen LogP contribution in [-0.4, -0.2) is 43.7 Å². The Kier molecular flexibility index (Phi) is 3.96. The number of methoxy groups -OCH3 is 1. The molecule has 92 valence electrons. The molecule has 0 aromatic carbocycles. The zero-order valence-electron chi connectivity index (χ0n) is 9.52. The maximum absolute atomic E-state index is 11.7. The molecule has 1 aliphatic heterocycles. The highest BCUT2D eigenvalue weighted by Crippen LogP contribution is 2.27. The molecule has 0 radical (unpaired) electrons. The average molecular weight is 300 g/mol. The second-order valence-corrected chi connectivity index (χ2v) is 4.62. The minimum absolute atomic E-state index is 0.221. The van der Waals surface area contributed by atoms with E-state index < -0.39 is 0 Å². The van der Waals surface area contributed by atoms with Crippen molar-refractivity contribution in [2.75, 3.05) is 31.6 Å². The number of aromatic nitrogens is 1. The Morgan fingerprint density at radius 3 is 3.24 bits per heavy atom. The van der Waals surface area contributed by atoms with Crippen molar-refractivity contribution in [1.29, 1.82) is 0 Å². The topological polar surface area (TPSA) is 54.5 Å². The summed E-state index contributed by atoms with van der Waals surface area (Å²) in [6.45, 7) is 2.21. The van der Waals surface area contributed by atoms with E-state index in [1.807, 2.05) is 11.0 Å². The zero-order chi connectivity index (χ0) is 12.3. The highest BCUT2D eigenvalue weighted by molar-refractivity contribution is 9.10. The Morgan fingerprint density at radius 2 is 2.53 bits per heavy atom. The fourth-order valence-electron chi connectivity index (χ4n) is 1.94. The minimum atomic E-state index is -0.285. The summed E-state index contributed by atoms with van der Waals surface area (Å²) in [5, 5.41) is 3.20. The Hall–Kier alpha value is -1.14. The number of rotatable bonds is 2. The van der Waals surface area contributed by atoms with Crippen LogP contribution in [0.2, 0.25) is 0 Å². The summed E-state index contributed by atoms with van der Waals surface area (Å²) >= 11 is 3.45. The number of hydrogen-bond donors (Lipinski definition) is 1. The standard InChI is InChI=1S/C11H14BrN3O2/c1-17-11(16)10-7-14-4-5-15(10)9-2-3-13-6-8(9)12/h2-3,6,10,14H,4-5,7H2,1H3. The molecule has 1 fully saturated rings. The van der Waals surface area contributed by atoms with E-state index in [2.05, 4.69) is 26.2 Å². The van der Waals surface area contributed by atoms with E-state index in [-0.39, 0.29) is 12.0 Å². The number of esters is 1. The van der Waals surface area contributed by atoms with E-state index in [4.69, 9.17) is 4.74 Å². The van der Waals surface area contributed by atoms with Crippen molar-refractivity contribution in [3.8, 4) is 0 Å². The number of nitrogens with one attached hydrogen (secondary N) is 1. The number of hydrogen-bond acceptors (Lipinski definition) is 5. The van der Waals surface area contributed by atoms with Crippen LogP contribution >= 0.6 is 15.9 Å². The molecule has 6 heteroatoms. The Morgan fingerprint density at radius 1 is 1.71 bits per heavy atom. The maximum atomic E-state index is 11.7. The van der Waals surface area contributed by atoms with Crippen molar-refractivity contribution in [2.24, 2.45) is 0 Å². The highest BCUT2D eigenvalue weighted by atomic mass is 79.9. The zero-order valence-corrected chi connectivity index (χ0v) is 11.1. The van der Waals surface area contributed by atoms with Gasteiger partial charge in [-0.05, 0) is 22.0 Å². The largest absolute Gasteiger partial charge is 0.467 e. The van der Waals surface area contributed by atoms with Gasteiger partial charge in [-0.2, -0.15) is 0 Å². The average Bonchev–Trinajstić information content (AvgIpc) is 2.38. The SMILES string of the molecule is COC(=O)C1CNCCN1c1ccncc1Br. The lowest BCUT2D eigenvalue weighted by molar-refractivity contribution is -0.142. The van der Waals surface area contributed by atoms with E-state index in [1.54, 1.807) is 12.4 Å². The summed E-state index contributed by atoms with van der Waals surface area (Å²) in [5.41, 5.74) is 0.969. The van der Waals surface area contributed by atoms with Gasteiger partial charge in [-0.15, -0.1) is 0 Å². The third kappa shape index (κ3) is 2.58. The lowest BCUT2D eigenvalue weighted by Gasteiger charge is -2.36. The third-order valence-corrected chi connectivity index (χ3v) is 3.39. The fraction of sp³-hybridized carbons (Fsp3) is 0.455. The lowest BCUT2D eigenvalue weighted by atomic mass is 10.1. The Balaban J connectivity index is 2.28. The second-order valence-electron chi connectivity index (χ2n) is 3.76. The van der Waals surface area contributed by atoms with Crippen LogP contribution in [0.15, 0.2) is 22.9 Å². The molecule has 5 nitrogen and oxygen atoms in total. The molecular weight excluding hydrogens is 286 g/mol. The van der Waals surface area contributed by atoms with Gasteiger partial charge in [0.1, 0.15) is 6.04 Å². The van der Waals surface area contributed by atoms with Gasteiger partial charge in [0.15, 0.2) is 0 Å². The molecule has 0 saturated carbocycles. The smallest absolute Gasteiger partial charge is 0.329 e. The lowest BCUT2D eigenvalue weighted by Crippen LogP contribution is -2.55. The first-order valence-corrected chi connectivity index (χ1v) is 6.18. The number of halogens is 1. The molecule has 2 heterocycles. The van der Waals surface area contributed by atoms with Crippen LogP contribution in [0.25, 0.3) is 0 Å². The van der Waals surface area contributed by atoms with E-state index in [9.17, 15) is 4.79 Å². The van der Waals surface area contributed by atoms with Crippen molar-refractivity contribution >= 4 is 27.6 Å². The first-order valence-electron chi connectivity index (χ1n) is 5.38. The van der Waals surface area contributed by atoms with E-state index in [1.165, 1.54) is 7.11 Å². The van der Waals surface area contributed by atoms with Crippen LogP contribution in [0.4, 0.5) is 5.69 Å². The summed E-state index contributed by atoms with van der Waals surface area (Å²) < 4.78 is 5.71. The molecule has 1 N–H and O–H groups in total. The van der Waals surface area contributed by atoms with Crippen molar-refractivity contribution < 1.29 is 9.53 Å². The van der Waals surface area contributed by atoms with Crippen molar-refractivity contribution in [1.82, 2.24) is 10.3 Å². The van der Waals surface area contributed by atoms with Gasteiger partial charge in [-0.1, -0.05) is 0 Å². The van der Waals surface area contributed by atoms with Gasteiger partial charge in [-0.3, -0.25) is 4.98 Å². The molecule has 1 unspecified atom stereocenters. The molecule has 17 heavy (non-hydrogen) atoms. The summed E-state index contributed by atoms with van der Waals surface area (Å²) in [7, 11) is 1.41. The number of carbonyl (C=O) groups is 1. The first kappa shape index (κ1) is 12.3. The van der Waals surface area contributed by atoms with Crippen molar-refractivity contribution in [3.63, 3.8) is 0 Å². The number of nitrogens with zero attached hydrogens (tertiary/aromatic N) is 2. The quantitative estimate of drug-likeness (QED) is 0.819. The van der Waals surface area contributed by atoms with Crippen LogP contribution in [0.1, 0.15) is 0 Å². The van der Waals surface area contributed by atoms with E-state index in [0.29, 0.717) is 6.54 Å². The second kappa shape index (κ2) is 5.46. The highest BCUT2D eigenvalue weighted by Gasteiger charge is 2.30. The molecule has 1 aliphatic rings. The predicted molar refractivity (Wildman–Crippen MR) is 68.0 cm³/mol. The first-order chi connectivity index (χ1) is 8.24. The van der Waals surface area contributed by atoms with Crippen LogP contribution in [0.5, 0.6) is 0 Å². The molecular formula is C11H14BrN3O2. The van der Waals surface area contributed by atoms with Crippen LogP contribution in [-0.2, 0) is 9.53 Å². The monoisotopic (exact) mass is 299 g/mol. The molecule has 1 aromatic rings. The van der Waals surface area contributed by atoms with Gasteiger partial charge in [0, 0.05) is 32.0 Å². The van der Waals surface area contributed by atoms with Gasteiger partial charge in [0.2, 0.25) is 0 Å². The molecule has 0 aliphatic carbocycles. The summed E-state index contributed by atoms with van der Waals surface area (Å²) in [6.07, 6.45) is 3.45. The van der Waals surface area contributed by atoms with Gasteiger partial charge < -0.3 is 15.0 Å². The van der Waals surface area contributed by atoms with Crippen molar-refractivity contribution in [2.45, 2.75) is 6.04 Å². The number of carbonyl (C=O) groups excluding carboxylic acids is 1. The maximum Gasteiger partial charge on any atom is 0.329 e. The molecule has 1 aromatic heterocycles. The van der Waals surface area contributed by atoms with Crippen molar-refractivity contribution in [3.05, 3.63) is 22.9 Å². The third-order valence-electron chi connectivity index (χ3n) is 2.78. The molecule has 0 amide bonds. The summed E-state index contributed by atoms with van der Waals surface area (Å²) in [6, 6.07) is 1.61. The van der Waals surface area contributed by atoms with Crippen LogP contribution in [0, 0.1) is 0 Å². The molecule has 2 rings (SSSR count).